The monoisotopic (exact) mass is 376 g/mol. The van der Waals surface area contributed by atoms with Crippen LogP contribution in [0.25, 0.3) is 10.4 Å². The largest absolute Gasteiger partial charge is 0.488 e. The lowest BCUT2D eigenvalue weighted by Crippen LogP contribution is -2.34. The van der Waals surface area contributed by atoms with E-state index < -0.39 is 0 Å². The van der Waals surface area contributed by atoms with Crippen molar-refractivity contribution in [2.75, 3.05) is 13.8 Å². The summed E-state index contributed by atoms with van der Waals surface area (Å²) in [5.41, 5.74) is 12.0. The molecule has 0 saturated carbocycles. The van der Waals surface area contributed by atoms with Crippen molar-refractivity contribution in [2.45, 2.75) is 24.8 Å². The minimum atomic E-state index is -0.0220. The zero-order chi connectivity index (χ0) is 17.8. The van der Waals surface area contributed by atoms with E-state index in [0.717, 1.165) is 18.4 Å². The Morgan fingerprint density at radius 3 is 2.80 bits per heavy atom. The molecule has 1 aliphatic rings. The molecule has 0 aromatic heterocycles. The minimum Gasteiger partial charge on any atom is -0.488 e. The zero-order valence-electron chi connectivity index (χ0n) is 13.7. The van der Waals surface area contributed by atoms with Gasteiger partial charge in [0.2, 0.25) is 0 Å². The quantitative estimate of drug-likeness (QED) is 0.436. The lowest BCUT2D eigenvalue weighted by molar-refractivity contribution is 0.328. The van der Waals surface area contributed by atoms with E-state index in [1.165, 1.54) is 11.1 Å². The van der Waals surface area contributed by atoms with Gasteiger partial charge in [0, 0.05) is 16.9 Å². The summed E-state index contributed by atoms with van der Waals surface area (Å²) in [4.78, 5) is 2.70. The van der Waals surface area contributed by atoms with Crippen molar-refractivity contribution in [3.05, 3.63) is 73.6 Å². The van der Waals surface area contributed by atoms with E-state index in [-0.39, 0.29) is 12.6 Å². The highest BCUT2D eigenvalue weighted by molar-refractivity contribution is 6.42. The van der Waals surface area contributed by atoms with Gasteiger partial charge >= 0.3 is 0 Å². The van der Waals surface area contributed by atoms with Gasteiger partial charge in [-0.2, -0.15) is 0 Å². The lowest BCUT2D eigenvalue weighted by Gasteiger charge is -2.32. The van der Waals surface area contributed by atoms with Gasteiger partial charge < -0.3 is 10.1 Å². The third kappa shape index (κ3) is 4.02. The maximum absolute atomic E-state index is 8.38. The maximum Gasteiger partial charge on any atom is 0.167 e. The summed E-state index contributed by atoms with van der Waals surface area (Å²) >= 11 is 12.3. The van der Waals surface area contributed by atoms with E-state index in [2.05, 4.69) is 21.4 Å². The van der Waals surface area contributed by atoms with Crippen LogP contribution in [-0.2, 0) is 6.42 Å². The molecule has 0 amide bonds. The normalized spacial score (nSPS) is 19.0. The van der Waals surface area contributed by atoms with Crippen LogP contribution in [0.3, 0.4) is 0 Å². The predicted molar refractivity (Wildman–Crippen MR) is 101 cm³/mol. The number of ether oxygens (including phenoxy) is 1. The fraction of sp³-hybridized carbons (Fsp3) is 0.333. The number of benzene rings is 2. The molecule has 25 heavy (non-hydrogen) atoms. The third-order valence-electron chi connectivity index (χ3n) is 4.59. The fourth-order valence-electron chi connectivity index (χ4n) is 3.33. The molecular weight excluding hydrogens is 359 g/mol. The number of nitrogens with one attached hydrogen (secondary N) is 1. The third-order valence-corrected chi connectivity index (χ3v) is 5.32. The molecule has 0 heterocycles. The van der Waals surface area contributed by atoms with Crippen LogP contribution in [0.1, 0.15) is 29.0 Å². The van der Waals surface area contributed by atoms with Crippen LogP contribution in [-0.4, -0.2) is 19.8 Å². The van der Waals surface area contributed by atoms with Crippen molar-refractivity contribution >= 4 is 23.2 Å². The van der Waals surface area contributed by atoms with Gasteiger partial charge in [0.15, 0.2) is 6.73 Å². The van der Waals surface area contributed by atoms with E-state index in [4.69, 9.17) is 33.5 Å². The number of halogens is 2. The standard InChI is InChI=1S/C18H18Cl2N4O/c1-22-13-6-11-2-4-14(25-10-23-24-21)9-16(11)15(8-13)12-3-5-17(19)18(20)7-12/h2-5,7,9,13,15,22H,6,8,10H2,1H3/t13-,15+/m1/s1. The highest BCUT2D eigenvalue weighted by Crippen LogP contribution is 2.40. The SMILES string of the molecule is CN[C@@H]1Cc2ccc(OCN=[N+]=[N-])cc2[C@H](c2ccc(Cl)c(Cl)c2)C1. The summed E-state index contributed by atoms with van der Waals surface area (Å²) in [6.45, 7) is -0.0220. The van der Waals surface area contributed by atoms with Gasteiger partial charge in [0.1, 0.15) is 5.75 Å². The highest BCUT2D eigenvalue weighted by atomic mass is 35.5. The van der Waals surface area contributed by atoms with Gasteiger partial charge in [-0.25, -0.2) is 0 Å². The highest BCUT2D eigenvalue weighted by Gasteiger charge is 2.28. The Balaban J connectivity index is 1.99. The molecule has 0 unspecified atom stereocenters. The van der Waals surface area contributed by atoms with Crippen molar-refractivity contribution in [2.24, 2.45) is 5.11 Å². The summed E-state index contributed by atoms with van der Waals surface area (Å²) in [6, 6.07) is 12.2. The van der Waals surface area contributed by atoms with Crippen molar-refractivity contribution in [3.8, 4) is 5.75 Å². The van der Waals surface area contributed by atoms with Gasteiger partial charge in [-0.15, -0.1) is 0 Å². The van der Waals surface area contributed by atoms with Crippen LogP contribution >= 0.6 is 23.2 Å². The first-order valence-corrected chi connectivity index (χ1v) is 8.76. The Labute approximate surface area is 156 Å². The molecule has 130 valence electrons. The molecular formula is C18H18Cl2N4O. The molecule has 0 spiro atoms. The zero-order valence-corrected chi connectivity index (χ0v) is 15.3. The molecule has 5 nitrogen and oxygen atoms in total. The molecule has 0 fully saturated rings. The first kappa shape index (κ1) is 17.9. The molecule has 2 aromatic carbocycles. The van der Waals surface area contributed by atoms with E-state index in [1.54, 1.807) is 0 Å². The van der Waals surface area contributed by atoms with Gasteiger partial charge in [-0.05, 0) is 66.4 Å². The van der Waals surface area contributed by atoms with Crippen molar-refractivity contribution in [1.82, 2.24) is 5.32 Å². The molecule has 3 rings (SSSR count). The second-order valence-corrected chi connectivity index (χ2v) is 6.83. The van der Waals surface area contributed by atoms with Gasteiger partial charge in [-0.3, -0.25) is 0 Å². The average molecular weight is 377 g/mol. The number of hydrogen-bond acceptors (Lipinski definition) is 3. The smallest absolute Gasteiger partial charge is 0.167 e. The molecule has 7 heteroatoms. The Hall–Kier alpha value is -1.91. The number of hydrogen-bond donors (Lipinski definition) is 1. The average Bonchev–Trinajstić information content (AvgIpc) is 2.63. The van der Waals surface area contributed by atoms with Crippen LogP contribution in [0.15, 0.2) is 41.5 Å². The second kappa shape index (κ2) is 7.98. The number of nitrogens with zero attached hydrogens (tertiary/aromatic N) is 3. The molecule has 0 bridgehead atoms. The Kier molecular flexibility index (Phi) is 5.71. The topological polar surface area (TPSA) is 70.0 Å². The summed E-state index contributed by atoms with van der Waals surface area (Å²) in [6.07, 6.45) is 1.92. The number of likely N-dealkylation sites (N-methyl/N-ethyl adjacent to an activating group) is 1. The van der Waals surface area contributed by atoms with Crippen LogP contribution in [0.4, 0.5) is 0 Å². The number of azide groups is 1. The molecule has 0 radical (unpaired) electrons. The molecule has 2 atom stereocenters. The van der Waals surface area contributed by atoms with E-state index in [9.17, 15) is 0 Å². The number of fused-ring (bicyclic) bond motifs is 1. The van der Waals surface area contributed by atoms with Crippen molar-refractivity contribution < 1.29 is 4.74 Å². The predicted octanol–water partition coefficient (Wildman–Crippen LogP) is 5.31. The van der Waals surface area contributed by atoms with Crippen LogP contribution < -0.4 is 10.1 Å². The Morgan fingerprint density at radius 1 is 1.24 bits per heavy atom. The summed E-state index contributed by atoms with van der Waals surface area (Å²) < 4.78 is 5.51. The van der Waals surface area contributed by atoms with Crippen LogP contribution in [0, 0.1) is 0 Å². The van der Waals surface area contributed by atoms with E-state index in [0.29, 0.717) is 21.8 Å². The first-order chi connectivity index (χ1) is 12.1. The summed E-state index contributed by atoms with van der Waals surface area (Å²) in [5.74, 6) is 0.887. The van der Waals surface area contributed by atoms with Crippen molar-refractivity contribution in [1.29, 1.82) is 0 Å². The maximum atomic E-state index is 8.38. The second-order valence-electron chi connectivity index (χ2n) is 6.02. The number of rotatable bonds is 5. The summed E-state index contributed by atoms with van der Waals surface area (Å²) in [5, 5.41) is 7.91. The Morgan fingerprint density at radius 2 is 2.08 bits per heavy atom. The van der Waals surface area contributed by atoms with Crippen LogP contribution in [0.5, 0.6) is 5.75 Å². The lowest BCUT2D eigenvalue weighted by atomic mass is 9.76. The fourth-order valence-corrected chi connectivity index (χ4v) is 3.63. The molecule has 1 aliphatic carbocycles. The van der Waals surface area contributed by atoms with Crippen molar-refractivity contribution in [3.63, 3.8) is 0 Å². The minimum absolute atomic E-state index is 0.0220. The molecule has 0 saturated heterocycles. The van der Waals surface area contributed by atoms with Crippen LogP contribution in [0.2, 0.25) is 10.0 Å². The summed E-state index contributed by atoms with van der Waals surface area (Å²) in [7, 11) is 1.99. The Bertz CT molecular complexity index is 821. The van der Waals surface area contributed by atoms with Gasteiger partial charge in [-0.1, -0.05) is 40.4 Å². The molecule has 2 aromatic rings. The molecule has 1 N–H and O–H groups in total. The van der Waals surface area contributed by atoms with Gasteiger partial charge in [0.25, 0.3) is 0 Å². The van der Waals surface area contributed by atoms with E-state index >= 15 is 0 Å². The first-order valence-electron chi connectivity index (χ1n) is 8.01. The van der Waals surface area contributed by atoms with E-state index in [1.807, 2.05) is 37.4 Å². The molecule has 0 aliphatic heterocycles. The van der Waals surface area contributed by atoms with Gasteiger partial charge in [0.05, 0.1) is 10.0 Å².